The largest absolute Gasteiger partial charge is 0.497 e. The van der Waals surface area contributed by atoms with Crippen molar-refractivity contribution in [2.24, 2.45) is 0 Å². The number of aryl methyl sites for hydroxylation is 1. The van der Waals surface area contributed by atoms with Gasteiger partial charge in [0.2, 0.25) is 0 Å². The molecule has 4 rings (SSSR count). The van der Waals surface area contributed by atoms with Crippen LogP contribution in [0, 0.1) is 6.92 Å². The van der Waals surface area contributed by atoms with Gasteiger partial charge in [-0.2, -0.15) is 0 Å². The molecule has 1 aromatic heterocycles. The van der Waals surface area contributed by atoms with Crippen LogP contribution in [0.25, 0.3) is 11.3 Å². The van der Waals surface area contributed by atoms with E-state index in [0.717, 1.165) is 34.6 Å². The zero-order valence-corrected chi connectivity index (χ0v) is 17.3. The topological polar surface area (TPSA) is 69.7 Å². The first kappa shape index (κ1) is 19.8. The molecule has 154 valence electrons. The third kappa shape index (κ3) is 4.08. The fraction of sp³-hybridized carbons (Fsp3) is 0.250. The third-order valence-electron chi connectivity index (χ3n) is 5.15. The van der Waals surface area contributed by atoms with Gasteiger partial charge in [0.05, 0.1) is 32.0 Å². The summed E-state index contributed by atoms with van der Waals surface area (Å²) in [6.45, 7) is 2.43. The predicted octanol–water partition coefficient (Wildman–Crippen LogP) is 3.81. The van der Waals surface area contributed by atoms with Crippen LogP contribution in [0.3, 0.4) is 0 Å². The Labute approximate surface area is 175 Å². The van der Waals surface area contributed by atoms with Gasteiger partial charge in [0.15, 0.2) is 0 Å². The minimum atomic E-state index is -0.210. The van der Waals surface area contributed by atoms with Crippen molar-refractivity contribution < 1.29 is 19.0 Å². The van der Waals surface area contributed by atoms with E-state index in [0.29, 0.717) is 23.6 Å². The monoisotopic (exact) mass is 404 g/mol. The smallest absolute Gasteiger partial charge is 0.255 e. The minimum Gasteiger partial charge on any atom is -0.497 e. The second-order valence-electron chi connectivity index (χ2n) is 7.26. The van der Waals surface area contributed by atoms with E-state index in [-0.39, 0.29) is 12.0 Å². The number of amides is 1. The lowest BCUT2D eigenvalue weighted by Gasteiger charge is -2.14. The van der Waals surface area contributed by atoms with Crippen LogP contribution in [0.4, 0.5) is 0 Å². The van der Waals surface area contributed by atoms with Gasteiger partial charge in [0.25, 0.3) is 5.91 Å². The highest BCUT2D eigenvalue weighted by Gasteiger charge is 2.24. The molecule has 0 bridgehead atoms. The van der Waals surface area contributed by atoms with E-state index < -0.39 is 0 Å². The zero-order chi connectivity index (χ0) is 21.1. The van der Waals surface area contributed by atoms with E-state index in [4.69, 9.17) is 14.2 Å². The Hall–Kier alpha value is -3.54. The Morgan fingerprint density at radius 3 is 2.73 bits per heavy atom. The Kier molecular flexibility index (Phi) is 5.57. The Balaban J connectivity index is 1.40. The zero-order valence-electron chi connectivity index (χ0n) is 17.3. The Morgan fingerprint density at radius 1 is 1.13 bits per heavy atom. The maximum Gasteiger partial charge on any atom is 0.255 e. The summed E-state index contributed by atoms with van der Waals surface area (Å²) < 4.78 is 16.5. The van der Waals surface area contributed by atoms with Crippen molar-refractivity contribution in [2.75, 3.05) is 20.8 Å². The average Bonchev–Trinajstić information content (AvgIpc) is 3.19. The number of rotatable bonds is 6. The molecule has 1 aliphatic rings. The highest BCUT2D eigenvalue weighted by Crippen LogP contribution is 2.32. The molecular weight excluding hydrogens is 380 g/mol. The van der Waals surface area contributed by atoms with E-state index in [1.54, 1.807) is 25.3 Å². The molecule has 1 amide bonds. The van der Waals surface area contributed by atoms with Gasteiger partial charge < -0.3 is 19.5 Å². The molecule has 0 aliphatic carbocycles. The summed E-state index contributed by atoms with van der Waals surface area (Å²) >= 11 is 0. The molecule has 6 nitrogen and oxygen atoms in total. The second-order valence-corrected chi connectivity index (χ2v) is 7.26. The number of hydrogen-bond acceptors (Lipinski definition) is 5. The summed E-state index contributed by atoms with van der Waals surface area (Å²) in [6, 6.07) is 15.3. The van der Waals surface area contributed by atoms with Gasteiger partial charge in [-0.1, -0.05) is 6.07 Å². The van der Waals surface area contributed by atoms with Crippen LogP contribution in [0.2, 0.25) is 0 Å². The maximum atomic E-state index is 12.6. The van der Waals surface area contributed by atoms with Crippen LogP contribution < -0.4 is 19.5 Å². The molecule has 2 aromatic carbocycles. The van der Waals surface area contributed by atoms with Crippen LogP contribution in [0.15, 0.2) is 54.7 Å². The van der Waals surface area contributed by atoms with Crippen molar-refractivity contribution in [3.63, 3.8) is 0 Å². The SMILES string of the molecule is COc1ccc(C(=O)NC[C@@H]2Cc3cc(-c4ccc(C)cn4)ccc3O2)c(OC)c1. The number of fused-ring (bicyclic) bond motifs is 1. The van der Waals surface area contributed by atoms with Crippen LogP contribution in [0.1, 0.15) is 21.5 Å². The number of aromatic nitrogens is 1. The standard InChI is InChI=1S/C24H24N2O4/c1-15-4-8-21(25-13-15)16-5-9-22-17(10-16)11-19(30-22)14-26-24(27)20-7-6-18(28-2)12-23(20)29-3/h4-10,12-13,19H,11,14H2,1-3H3,(H,26,27)/t19-/m0/s1. The van der Waals surface area contributed by atoms with Crippen molar-refractivity contribution in [3.05, 3.63) is 71.4 Å². The maximum absolute atomic E-state index is 12.6. The van der Waals surface area contributed by atoms with Crippen molar-refractivity contribution in [2.45, 2.75) is 19.4 Å². The number of nitrogens with one attached hydrogen (secondary N) is 1. The van der Waals surface area contributed by atoms with Crippen molar-refractivity contribution in [1.82, 2.24) is 10.3 Å². The number of ether oxygens (including phenoxy) is 3. The van der Waals surface area contributed by atoms with E-state index >= 15 is 0 Å². The minimum absolute atomic E-state index is 0.116. The quantitative estimate of drug-likeness (QED) is 0.677. The second kappa shape index (κ2) is 8.45. The molecule has 1 N–H and O–H groups in total. The van der Waals surface area contributed by atoms with Crippen LogP contribution in [0.5, 0.6) is 17.2 Å². The van der Waals surface area contributed by atoms with E-state index in [9.17, 15) is 4.79 Å². The molecule has 1 atom stereocenters. The van der Waals surface area contributed by atoms with Gasteiger partial charge in [-0.15, -0.1) is 0 Å². The summed E-state index contributed by atoms with van der Waals surface area (Å²) in [6.07, 6.45) is 2.48. The fourth-order valence-electron chi connectivity index (χ4n) is 3.52. The molecule has 0 radical (unpaired) electrons. The molecule has 0 unspecified atom stereocenters. The normalized spacial score (nSPS) is 14.6. The van der Waals surface area contributed by atoms with Gasteiger partial charge in [0.1, 0.15) is 23.4 Å². The number of nitrogens with zero attached hydrogens (tertiary/aromatic N) is 1. The van der Waals surface area contributed by atoms with E-state index in [1.165, 1.54) is 7.11 Å². The van der Waals surface area contributed by atoms with Gasteiger partial charge in [-0.25, -0.2) is 0 Å². The molecular formula is C24H24N2O4. The molecule has 30 heavy (non-hydrogen) atoms. The summed E-state index contributed by atoms with van der Waals surface area (Å²) in [4.78, 5) is 17.1. The first-order chi connectivity index (χ1) is 14.6. The van der Waals surface area contributed by atoms with Gasteiger partial charge in [0, 0.05) is 24.2 Å². The predicted molar refractivity (Wildman–Crippen MR) is 114 cm³/mol. The molecule has 0 saturated carbocycles. The summed E-state index contributed by atoms with van der Waals surface area (Å²) in [5, 5.41) is 2.94. The molecule has 1 aliphatic heterocycles. The van der Waals surface area contributed by atoms with E-state index in [1.807, 2.05) is 31.3 Å². The van der Waals surface area contributed by atoms with Crippen molar-refractivity contribution >= 4 is 5.91 Å². The van der Waals surface area contributed by atoms with E-state index in [2.05, 4.69) is 22.4 Å². The summed E-state index contributed by atoms with van der Waals surface area (Å²) in [7, 11) is 3.10. The molecule has 0 saturated heterocycles. The highest BCUT2D eigenvalue weighted by molar-refractivity contribution is 5.97. The lowest BCUT2D eigenvalue weighted by atomic mass is 10.0. The average molecular weight is 404 g/mol. The van der Waals surface area contributed by atoms with Crippen molar-refractivity contribution in [1.29, 1.82) is 0 Å². The number of benzene rings is 2. The van der Waals surface area contributed by atoms with Crippen molar-refractivity contribution in [3.8, 4) is 28.5 Å². The molecule has 0 spiro atoms. The number of methoxy groups -OCH3 is 2. The molecule has 6 heteroatoms. The number of carbonyl (C=O) groups is 1. The fourth-order valence-corrected chi connectivity index (χ4v) is 3.52. The lowest BCUT2D eigenvalue weighted by molar-refractivity contribution is 0.0930. The van der Waals surface area contributed by atoms with Crippen LogP contribution >= 0.6 is 0 Å². The first-order valence-corrected chi connectivity index (χ1v) is 9.80. The van der Waals surface area contributed by atoms with Gasteiger partial charge in [-0.05, 0) is 54.4 Å². The van der Waals surface area contributed by atoms with Crippen LogP contribution in [-0.2, 0) is 6.42 Å². The molecule has 3 aromatic rings. The van der Waals surface area contributed by atoms with Crippen LogP contribution in [-0.4, -0.2) is 37.8 Å². The number of pyridine rings is 1. The summed E-state index contributed by atoms with van der Waals surface area (Å²) in [5.74, 6) is 1.75. The third-order valence-corrected chi connectivity index (χ3v) is 5.15. The first-order valence-electron chi connectivity index (χ1n) is 9.80. The van der Waals surface area contributed by atoms with Gasteiger partial charge >= 0.3 is 0 Å². The molecule has 2 heterocycles. The highest BCUT2D eigenvalue weighted by atomic mass is 16.5. The molecule has 0 fully saturated rings. The number of hydrogen-bond donors (Lipinski definition) is 1. The van der Waals surface area contributed by atoms with Gasteiger partial charge in [-0.3, -0.25) is 9.78 Å². The Morgan fingerprint density at radius 2 is 2.00 bits per heavy atom. The Bertz CT molecular complexity index is 1060. The number of carbonyl (C=O) groups excluding carboxylic acids is 1. The summed E-state index contributed by atoms with van der Waals surface area (Å²) in [5.41, 5.74) is 4.71. The lowest BCUT2D eigenvalue weighted by Crippen LogP contribution is -2.34.